The molecule has 0 aliphatic rings. The van der Waals surface area contributed by atoms with Crippen molar-refractivity contribution in [1.29, 1.82) is 0 Å². The smallest absolute Gasteiger partial charge is 0.320 e. The minimum atomic E-state index is -0.921. The molecule has 0 spiro atoms. The van der Waals surface area contributed by atoms with Crippen molar-refractivity contribution in [3.05, 3.63) is 23.8 Å². The topological polar surface area (TPSA) is 80.3 Å². The molecule has 0 saturated heterocycles. The van der Waals surface area contributed by atoms with Crippen LogP contribution in [0.5, 0.6) is 11.5 Å². The number of benzene rings is 1. The maximum Gasteiger partial charge on any atom is 0.320 e. The van der Waals surface area contributed by atoms with Crippen molar-refractivity contribution in [3.63, 3.8) is 0 Å². The van der Waals surface area contributed by atoms with Gasteiger partial charge < -0.3 is 23.7 Å². The van der Waals surface area contributed by atoms with Gasteiger partial charge in [0.05, 0.1) is 26.9 Å². The fraction of sp³-hybridized carbons (Fsp3) is 0.667. The molecule has 1 rings (SSSR count). The van der Waals surface area contributed by atoms with Crippen molar-refractivity contribution in [2.75, 3.05) is 40.6 Å². The fourth-order valence-electron chi connectivity index (χ4n) is 3.32. The van der Waals surface area contributed by atoms with Crippen LogP contribution in [-0.2, 0) is 30.2 Å². The van der Waals surface area contributed by atoms with E-state index in [1.165, 1.54) is 0 Å². The van der Waals surface area contributed by atoms with Gasteiger partial charge in [-0.05, 0) is 56.2 Å². The number of hydrogen-bond donors (Lipinski definition) is 0. The summed E-state index contributed by atoms with van der Waals surface area (Å²) < 4.78 is 26.6. The first kappa shape index (κ1) is 26.8. The molecule has 0 heterocycles. The van der Waals surface area contributed by atoms with E-state index >= 15 is 0 Å². The van der Waals surface area contributed by atoms with E-state index in [1.807, 2.05) is 18.2 Å². The van der Waals surface area contributed by atoms with Crippen molar-refractivity contribution in [2.45, 2.75) is 47.0 Å². The van der Waals surface area contributed by atoms with Gasteiger partial charge in [0.2, 0.25) is 0 Å². The number of methoxy groups -OCH3 is 2. The molecular formula is C24H38O7. The lowest BCUT2D eigenvalue weighted by molar-refractivity contribution is -0.162. The first-order valence-electron chi connectivity index (χ1n) is 11.0. The summed E-state index contributed by atoms with van der Waals surface area (Å²) in [5.74, 6) is -0.306. The molecule has 0 aromatic heterocycles. The Morgan fingerprint density at radius 1 is 0.935 bits per heavy atom. The summed E-state index contributed by atoms with van der Waals surface area (Å²) in [6.07, 6.45) is 1.83. The first-order valence-corrected chi connectivity index (χ1v) is 11.0. The average Bonchev–Trinajstić information content (AvgIpc) is 2.74. The van der Waals surface area contributed by atoms with Gasteiger partial charge in [-0.15, -0.1) is 0 Å². The van der Waals surface area contributed by atoms with Crippen LogP contribution >= 0.6 is 0 Å². The van der Waals surface area contributed by atoms with E-state index < -0.39 is 17.9 Å². The lowest BCUT2D eigenvalue weighted by atomic mass is 9.82. The van der Waals surface area contributed by atoms with Crippen LogP contribution in [0, 0.1) is 17.8 Å². The van der Waals surface area contributed by atoms with Gasteiger partial charge in [0.25, 0.3) is 0 Å². The molecule has 0 aliphatic carbocycles. The Hall–Kier alpha value is -2.28. The monoisotopic (exact) mass is 438 g/mol. The number of ether oxygens (including phenoxy) is 5. The van der Waals surface area contributed by atoms with E-state index in [0.717, 1.165) is 12.0 Å². The highest BCUT2D eigenvalue weighted by molar-refractivity contribution is 5.94. The molecule has 1 aromatic rings. The Labute approximate surface area is 186 Å². The van der Waals surface area contributed by atoms with Gasteiger partial charge in [0.15, 0.2) is 17.4 Å². The highest BCUT2D eigenvalue weighted by atomic mass is 16.6. The Morgan fingerprint density at radius 3 is 2.10 bits per heavy atom. The highest BCUT2D eigenvalue weighted by Crippen LogP contribution is 2.32. The predicted molar refractivity (Wildman–Crippen MR) is 118 cm³/mol. The van der Waals surface area contributed by atoms with Crippen LogP contribution in [-0.4, -0.2) is 52.6 Å². The van der Waals surface area contributed by atoms with Gasteiger partial charge in [-0.1, -0.05) is 19.9 Å². The van der Waals surface area contributed by atoms with Crippen LogP contribution in [0.4, 0.5) is 0 Å². The zero-order chi connectivity index (χ0) is 23.2. The molecule has 31 heavy (non-hydrogen) atoms. The van der Waals surface area contributed by atoms with E-state index in [-0.39, 0.29) is 25.0 Å². The van der Waals surface area contributed by atoms with Crippen molar-refractivity contribution in [3.8, 4) is 11.5 Å². The predicted octanol–water partition coefficient (Wildman–Crippen LogP) is 4.06. The highest BCUT2D eigenvalue weighted by Gasteiger charge is 2.33. The maximum absolute atomic E-state index is 12.4. The third-order valence-electron chi connectivity index (χ3n) is 5.10. The largest absolute Gasteiger partial charge is 0.493 e. The number of rotatable bonds is 15. The molecule has 176 valence electrons. The molecule has 0 bridgehead atoms. The summed E-state index contributed by atoms with van der Waals surface area (Å²) in [7, 11) is 3.27. The maximum atomic E-state index is 12.4. The Balaban J connectivity index is 2.99. The number of carbonyl (C=O) groups excluding carboxylic acids is 2. The molecule has 7 heteroatoms. The second-order valence-corrected chi connectivity index (χ2v) is 7.68. The fourth-order valence-corrected chi connectivity index (χ4v) is 3.32. The minimum Gasteiger partial charge on any atom is -0.493 e. The molecule has 1 atom stereocenters. The summed E-state index contributed by atoms with van der Waals surface area (Å²) >= 11 is 0. The summed E-state index contributed by atoms with van der Waals surface area (Å²) in [4.78, 5) is 24.8. The van der Waals surface area contributed by atoms with Gasteiger partial charge in [-0.2, -0.15) is 0 Å². The molecule has 7 nitrogen and oxygen atoms in total. The molecule has 0 saturated carbocycles. The van der Waals surface area contributed by atoms with E-state index in [2.05, 4.69) is 13.8 Å². The minimum absolute atomic E-state index is 0.0774. The van der Waals surface area contributed by atoms with E-state index in [0.29, 0.717) is 37.6 Å². The van der Waals surface area contributed by atoms with Crippen LogP contribution in [0.25, 0.3) is 0 Å². The van der Waals surface area contributed by atoms with E-state index in [1.54, 1.807) is 28.1 Å². The van der Waals surface area contributed by atoms with E-state index in [4.69, 9.17) is 23.7 Å². The molecule has 0 unspecified atom stereocenters. The van der Waals surface area contributed by atoms with Gasteiger partial charge >= 0.3 is 11.9 Å². The Morgan fingerprint density at radius 2 is 1.58 bits per heavy atom. The number of esters is 2. The molecule has 1 aromatic carbocycles. The lowest BCUT2D eigenvalue weighted by Gasteiger charge is -2.25. The van der Waals surface area contributed by atoms with Gasteiger partial charge in [0, 0.05) is 20.1 Å². The van der Waals surface area contributed by atoms with Crippen LogP contribution in [0.2, 0.25) is 0 Å². The second-order valence-electron chi connectivity index (χ2n) is 7.68. The average molecular weight is 439 g/mol. The summed E-state index contributed by atoms with van der Waals surface area (Å²) in [5.41, 5.74) is 1.05. The lowest BCUT2D eigenvalue weighted by Crippen LogP contribution is -2.31. The first-order chi connectivity index (χ1) is 14.9. The quantitative estimate of drug-likeness (QED) is 0.232. The third-order valence-corrected chi connectivity index (χ3v) is 5.10. The van der Waals surface area contributed by atoms with Crippen molar-refractivity contribution in [1.82, 2.24) is 0 Å². The molecular weight excluding hydrogens is 400 g/mol. The van der Waals surface area contributed by atoms with Gasteiger partial charge in [-0.25, -0.2) is 0 Å². The number of carbonyl (C=O) groups is 2. The zero-order valence-corrected chi connectivity index (χ0v) is 19.8. The van der Waals surface area contributed by atoms with Crippen LogP contribution in [0.3, 0.4) is 0 Å². The zero-order valence-electron chi connectivity index (χ0n) is 19.8. The van der Waals surface area contributed by atoms with Crippen LogP contribution < -0.4 is 9.47 Å². The standard InChI is InChI=1S/C24H38O7/c1-7-29-23(25)20(24(26)30-8-2)16-19(17(3)4)14-18-10-11-21(28-6)22(15-18)31-13-9-12-27-5/h10-11,15,17,19-20H,7-9,12-14,16H2,1-6H3/t19-/m0/s1. The SMILES string of the molecule is CCOC(=O)C(C[C@H](Cc1ccc(OC)c(OCCCOC)c1)C(C)C)C(=O)OCC. The molecule has 0 aliphatic heterocycles. The van der Waals surface area contributed by atoms with Crippen molar-refractivity contribution >= 4 is 11.9 Å². The molecule has 0 amide bonds. The van der Waals surface area contributed by atoms with Crippen LogP contribution in [0.15, 0.2) is 18.2 Å². The third kappa shape index (κ3) is 9.17. The molecule has 0 N–H and O–H groups in total. The number of hydrogen-bond acceptors (Lipinski definition) is 7. The van der Waals surface area contributed by atoms with Crippen LogP contribution in [0.1, 0.15) is 46.1 Å². The van der Waals surface area contributed by atoms with Gasteiger partial charge in [0.1, 0.15) is 0 Å². The normalized spacial score (nSPS) is 12.0. The molecule has 0 fully saturated rings. The summed E-state index contributed by atoms with van der Waals surface area (Å²) in [5, 5.41) is 0. The second kappa shape index (κ2) is 14.7. The molecule has 0 radical (unpaired) electrons. The Kier molecular flexibility index (Phi) is 12.7. The van der Waals surface area contributed by atoms with Crippen molar-refractivity contribution in [2.24, 2.45) is 17.8 Å². The van der Waals surface area contributed by atoms with Gasteiger partial charge in [-0.3, -0.25) is 9.59 Å². The summed E-state index contributed by atoms with van der Waals surface area (Å²) in [6.45, 7) is 9.23. The van der Waals surface area contributed by atoms with Crippen molar-refractivity contribution < 1.29 is 33.3 Å². The Bertz CT molecular complexity index is 654. The summed E-state index contributed by atoms with van der Waals surface area (Å²) in [6, 6.07) is 5.83. The van der Waals surface area contributed by atoms with E-state index in [9.17, 15) is 9.59 Å².